The number of carbonyl (C=O) groups excluding carboxylic acids is 1. The van der Waals surface area contributed by atoms with Gasteiger partial charge in [-0.3, -0.25) is 4.79 Å². The van der Waals surface area contributed by atoms with Gasteiger partial charge >= 0.3 is 0 Å². The topological polar surface area (TPSA) is 70.8 Å². The Morgan fingerprint density at radius 1 is 1.04 bits per heavy atom. The fourth-order valence-corrected chi connectivity index (χ4v) is 4.33. The van der Waals surface area contributed by atoms with Gasteiger partial charge in [0.1, 0.15) is 0 Å². The summed E-state index contributed by atoms with van der Waals surface area (Å²) in [6, 6.07) is 9.29. The lowest BCUT2D eigenvalue weighted by molar-refractivity contribution is 0.0664. The molecule has 0 N–H and O–H groups in total. The highest BCUT2D eigenvalue weighted by molar-refractivity contribution is 9.10. The van der Waals surface area contributed by atoms with E-state index in [0.717, 1.165) is 0 Å². The third kappa shape index (κ3) is 3.51. The second-order valence-corrected chi connectivity index (χ2v) is 8.41. The second kappa shape index (κ2) is 6.87. The van der Waals surface area contributed by atoms with Crippen molar-refractivity contribution in [3.8, 4) is 0 Å². The number of piperazine rings is 1. The van der Waals surface area contributed by atoms with Crippen molar-refractivity contribution in [2.45, 2.75) is 4.90 Å². The summed E-state index contributed by atoms with van der Waals surface area (Å²) in [5.41, 5.74) is 0. The lowest BCUT2D eigenvalue weighted by Crippen LogP contribution is -2.50. The van der Waals surface area contributed by atoms with Crippen LogP contribution in [-0.4, -0.2) is 49.7 Å². The van der Waals surface area contributed by atoms with Gasteiger partial charge in [0, 0.05) is 31.2 Å². The summed E-state index contributed by atoms with van der Waals surface area (Å²) in [4.78, 5) is 14.1. The van der Waals surface area contributed by atoms with E-state index in [2.05, 4.69) is 15.9 Å². The molecule has 1 fully saturated rings. The molecule has 0 unspecified atom stereocenters. The SMILES string of the molecule is O=C(c1ccc(Br)o1)N1CCN(S(=O)(=O)c2ccc(Cl)cc2)CC1. The summed E-state index contributed by atoms with van der Waals surface area (Å²) in [6.45, 7) is 1.09. The minimum absolute atomic E-state index is 0.196. The first-order chi connectivity index (χ1) is 11.4. The molecule has 0 atom stereocenters. The molecule has 1 aromatic heterocycles. The number of sulfonamides is 1. The zero-order valence-corrected chi connectivity index (χ0v) is 15.6. The van der Waals surface area contributed by atoms with Crippen LogP contribution in [0.4, 0.5) is 0 Å². The Hall–Kier alpha value is -1.35. The molecule has 0 aliphatic carbocycles. The standard InChI is InChI=1S/C15H14BrClN2O4S/c16-14-6-5-13(23-14)15(20)18-7-9-19(10-8-18)24(21,22)12-3-1-11(17)2-4-12/h1-6H,7-10H2. The molecule has 0 bridgehead atoms. The smallest absolute Gasteiger partial charge is 0.289 e. The summed E-state index contributed by atoms with van der Waals surface area (Å²) in [6.07, 6.45) is 0. The predicted octanol–water partition coefficient (Wildman–Crippen LogP) is 2.84. The molecule has 128 valence electrons. The van der Waals surface area contributed by atoms with E-state index < -0.39 is 10.0 Å². The van der Waals surface area contributed by atoms with Crippen molar-refractivity contribution in [3.63, 3.8) is 0 Å². The van der Waals surface area contributed by atoms with Crippen LogP contribution in [0.25, 0.3) is 0 Å². The van der Waals surface area contributed by atoms with Crippen LogP contribution >= 0.6 is 27.5 Å². The first-order valence-electron chi connectivity index (χ1n) is 7.18. The quantitative estimate of drug-likeness (QED) is 0.746. The zero-order valence-electron chi connectivity index (χ0n) is 12.5. The van der Waals surface area contributed by atoms with E-state index in [1.165, 1.54) is 16.4 Å². The molecule has 1 saturated heterocycles. The summed E-state index contributed by atoms with van der Waals surface area (Å²) >= 11 is 8.95. The maximum Gasteiger partial charge on any atom is 0.289 e. The van der Waals surface area contributed by atoms with Gasteiger partial charge in [-0.25, -0.2) is 8.42 Å². The molecule has 9 heteroatoms. The number of hydrogen-bond acceptors (Lipinski definition) is 4. The van der Waals surface area contributed by atoms with Crippen molar-refractivity contribution in [2.75, 3.05) is 26.2 Å². The Morgan fingerprint density at radius 3 is 2.21 bits per heavy atom. The molecule has 0 radical (unpaired) electrons. The van der Waals surface area contributed by atoms with Crippen LogP contribution in [-0.2, 0) is 10.0 Å². The van der Waals surface area contributed by atoms with Crippen molar-refractivity contribution >= 4 is 43.5 Å². The lowest BCUT2D eigenvalue weighted by atomic mass is 10.3. The van der Waals surface area contributed by atoms with Gasteiger partial charge in [-0.05, 0) is 52.3 Å². The van der Waals surface area contributed by atoms with Crippen molar-refractivity contribution in [3.05, 3.63) is 51.9 Å². The second-order valence-electron chi connectivity index (χ2n) is 5.25. The number of hydrogen-bond donors (Lipinski definition) is 0. The molecule has 1 aromatic carbocycles. The predicted molar refractivity (Wildman–Crippen MR) is 92.5 cm³/mol. The van der Waals surface area contributed by atoms with Crippen molar-refractivity contribution in [1.82, 2.24) is 9.21 Å². The normalized spacial score (nSPS) is 16.3. The van der Waals surface area contributed by atoms with E-state index >= 15 is 0 Å². The van der Waals surface area contributed by atoms with Crippen molar-refractivity contribution in [2.24, 2.45) is 0 Å². The monoisotopic (exact) mass is 432 g/mol. The van der Waals surface area contributed by atoms with Gasteiger partial charge < -0.3 is 9.32 Å². The first-order valence-corrected chi connectivity index (χ1v) is 9.79. The van der Waals surface area contributed by atoms with Crippen molar-refractivity contribution in [1.29, 1.82) is 0 Å². The van der Waals surface area contributed by atoms with Crippen LogP contribution in [0.5, 0.6) is 0 Å². The molecule has 0 saturated carbocycles. The van der Waals surface area contributed by atoms with Gasteiger partial charge in [0.25, 0.3) is 5.91 Å². The Balaban J connectivity index is 1.68. The number of benzene rings is 1. The van der Waals surface area contributed by atoms with Crippen LogP contribution in [0.1, 0.15) is 10.6 Å². The summed E-state index contributed by atoms with van der Waals surface area (Å²) in [5.74, 6) is -0.0138. The molecule has 3 rings (SSSR count). The average molecular weight is 434 g/mol. The maximum absolute atomic E-state index is 12.6. The van der Waals surface area contributed by atoms with Gasteiger partial charge in [0.2, 0.25) is 10.0 Å². The molecule has 2 aromatic rings. The lowest BCUT2D eigenvalue weighted by Gasteiger charge is -2.33. The van der Waals surface area contributed by atoms with E-state index in [1.54, 1.807) is 29.2 Å². The van der Waals surface area contributed by atoms with Gasteiger partial charge in [0.15, 0.2) is 10.4 Å². The Kier molecular flexibility index (Phi) is 5.00. The third-order valence-corrected chi connectivity index (χ3v) is 6.35. The van der Waals surface area contributed by atoms with Crippen LogP contribution in [0.2, 0.25) is 5.02 Å². The third-order valence-electron chi connectivity index (χ3n) is 3.76. The average Bonchev–Trinajstić information content (AvgIpc) is 3.01. The molecule has 1 aliphatic rings. The Labute approximate surface area is 153 Å². The van der Waals surface area contributed by atoms with Gasteiger partial charge in [-0.2, -0.15) is 4.31 Å². The zero-order chi connectivity index (χ0) is 17.3. The van der Waals surface area contributed by atoms with E-state index in [0.29, 0.717) is 22.8 Å². The number of carbonyl (C=O) groups is 1. The van der Waals surface area contributed by atoms with E-state index in [1.807, 2.05) is 0 Å². The van der Waals surface area contributed by atoms with Crippen LogP contribution < -0.4 is 0 Å². The van der Waals surface area contributed by atoms with Crippen LogP contribution in [0.15, 0.2) is 50.4 Å². The van der Waals surface area contributed by atoms with Gasteiger partial charge in [0.05, 0.1) is 4.90 Å². The van der Waals surface area contributed by atoms with E-state index in [-0.39, 0.29) is 29.7 Å². The van der Waals surface area contributed by atoms with E-state index in [4.69, 9.17) is 16.0 Å². The summed E-state index contributed by atoms with van der Waals surface area (Å²) in [5, 5.41) is 0.481. The maximum atomic E-state index is 12.6. The van der Waals surface area contributed by atoms with E-state index in [9.17, 15) is 13.2 Å². The van der Waals surface area contributed by atoms with Crippen molar-refractivity contribution < 1.29 is 17.6 Å². The molecule has 0 spiro atoms. The number of halogens is 2. The first kappa shape index (κ1) is 17.5. The molecule has 1 aliphatic heterocycles. The largest absolute Gasteiger partial charge is 0.444 e. The van der Waals surface area contributed by atoms with Crippen LogP contribution in [0, 0.1) is 0 Å². The Bertz CT molecular complexity index is 843. The van der Waals surface area contributed by atoms with Gasteiger partial charge in [-0.1, -0.05) is 11.6 Å². The molecular weight excluding hydrogens is 420 g/mol. The van der Waals surface area contributed by atoms with Gasteiger partial charge in [-0.15, -0.1) is 0 Å². The van der Waals surface area contributed by atoms with Crippen LogP contribution in [0.3, 0.4) is 0 Å². The fourth-order valence-electron chi connectivity index (χ4n) is 2.47. The molecule has 6 nitrogen and oxygen atoms in total. The summed E-state index contributed by atoms with van der Waals surface area (Å²) in [7, 11) is -3.58. The molecule has 2 heterocycles. The highest BCUT2D eigenvalue weighted by Crippen LogP contribution is 2.21. The number of nitrogens with zero attached hydrogens (tertiary/aromatic N) is 2. The number of rotatable bonds is 3. The minimum Gasteiger partial charge on any atom is -0.444 e. The molecular formula is C15H14BrClN2O4S. The summed E-state index contributed by atoms with van der Waals surface area (Å²) < 4.78 is 32.3. The fraction of sp³-hybridized carbons (Fsp3) is 0.267. The highest BCUT2D eigenvalue weighted by Gasteiger charge is 2.31. The minimum atomic E-state index is -3.58. The number of amides is 1. The Morgan fingerprint density at radius 2 is 1.67 bits per heavy atom. The molecule has 1 amide bonds. The highest BCUT2D eigenvalue weighted by atomic mass is 79.9. The number of furan rings is 1. The molecule has 24 heavy (non-hydrogen) atoms.